The molecular formula is C19H32N4O2. The van der Waals surface area contributed by atoms with E-state index in [1.165, 1.54) is 0 Å². The zero-order valence-corrected chi connectivity index (χ0v) is 16.3. The van der Waals surface area contributed by atoms with Crippen molar-refractivity contribution in [2.75, 3.05) is 32.1 Å². The molecule has 2 heterocycles. The number of hydrogen-bond acceptors (Lipinski definition) is 5. The van der Waals surface area contributed by atoms with Gasteiger partial charge >= 0.3 is 0 Å². The molecule has 25 heavy (non-hydrogen) atoms. The van der Waals surface area contributed by atoms with Crippen molar-refractivity contribution in [2.45, 2.75) is 52.5 Å². The summed E-state index contributed by atoms with van der Waals surface area (Å²) in [5.74, 6) is 1.23. The van der Waals surface area contributed by atoms with Crippen molar-refractivity contribution >= 4 is 11.7 Å². The van der Waals surface area contributed by atoms with Gasteiger partial charge in [0, 0.05) is 39.9 Å². The number of carbonyl (C=O) groups excluding carboxylic acids is 1. The van der Waals surface area contributed by atoms with Crippen molar-refractivity contribution in [3.63, 3.8) is 0 Å². The van der Waals surface area contributed by atoms with Crippen LogP contribution in [0, 0.1) is 5.92 Å². The molecule has 6 nitrogen and oxygen atoms in total. The average molecular weight is 348 g/mol. The van der Waals surface area contributed by atoms with Gasteiger partial charge in [0.25, 0.3) is 0 Å². The summed E-state index contributed by atoms with van der Waals surface area (Å²) >= 11 is 0. The molecule has 0 radical (unpaired) electrons. The second kappa shape index (κ2) is 8.63. The monoisotopic (exact) mass is 348 g/mol. The van der Waals surface area contributed by atoms with Crippen LogP contribution in [0.4, 0.5) is 5.82 Å². The topological polar surface area (TPSA) is 57.7 Å². The lowest BCUT2D eigenvalue weighted by atomic mass is 9.99. The molecule has 1 aliphatic heterocycles. The SMILES string of the molecule is CC(C)[C@@H](C(=O)NCc1ccc(N(C)C)nc1)N1C[C@@H](C)O[C@@H](C)C1. The van der Waals surface area contributed by atoms with Crippen molar-refractivity contribution in [2.24, 2.45) is 5.92 Å². The highest BCUT2D eigenvalue weighted by Gasteiger charge is 2.33. The summed E-state index contributed by atoms with van der Waals surface area (Å²) in [7, 11) is 3.92. The van der Waals surface area contributed by atoms with Crippen molar-refractivity contribution in [3.8, 4) is 0 Å². The second-order valence-electron chi connectivity index (χ2n) is 7.54. The molecule has 6 heteroatoms. The van der Waals surface area contributed by atoms with Gasteiger partial charge in [-0.1, -0.05) is 19.9 Å². The first kappa shape index (κ1) is 19.7. The molecule has 1 aromatic heterocycles. The Labute approximate surface area is 151 Å². The van der Waals surface area contributed by atoms with Gasteiger partial charge in [-0.2, -0.15) is 0 Å². The van der Waals surface area contributed by atoms with Crippen molar-refractivity contribution in [1.29, 1.82) is 0 Å². The fourth-order valence-electron chi connectivity index (χ4n) is 3.41. The summed E-state index contributed by atoms with van der Waals surface area (Å²) in [5, 5.41) is 3.08. The number of nitrogens with zero attached hydrogens (tertiary/aromatic N) is 3. The molecule has 0 aliphatic carbocycles. The largest absolute Gasteiger partial charge is 0.373 e. The van der Waals surface area contributed by atoms with Crippen molar-refractivity contribution in [3.05, 3.63) is 23.9 Å². The first-order valence-corrected chi connectivity index (χ1v) is 9.07. The minimum Gasteiger partial charge on any atom is -0.373 e. The Bertz CT molecular complexity index is 549. The third-order valence-corrected chi connectivity index (χ3v) is 4.48. The van der Waals surface area contributed by atoms with E-state index in [2.05, 4.69) is 42.9 Å². The third-order valence-electron chi connectivity index (χ3n) is 4.48. The molecule has 140 valence electrons. The lowest BCUT2D eigenvalue weighted by molar-refractivity contribution is -0.135. The van der Waals surface area contributed by atoms with Crippen LogP contribution in [-0.2, 0) is 16.1 Å². The minimum absolute atomic E-state index is 0.0768. The van der Waals surface area contributed by atoms with Crippen molar-refractivity contribution in [1.82, 2.24) is 15.2 Å². The molecule has 1 fully saturated rings. The van der Waals surface area contributed by atoms with E-state index in [-0.39, 0.29) is 30.1 Å². The van der Waals surface area contributed by atoms with Crippen LogP contribution in [0.2, 0.25) is 0 Å². The molecule has 0 bridgehead atoms. The van der Waals surface area contributed by atoms with Crippen LogP contribution in [0.25, 0.3) is 0 Å². The van der Waals surface area contributed by atoms with E-state index in [9.17, 15) is 4.79 Å². The number of amides is 1. The molecule has 0 spiro atoms. The van der Waals surface area contributed by atoms with E-state index >= 15 is 0 Å². The van der Waals surface area contributed by atoms with Crippen molar-refractivity contribution < 1.29 is 9.53 Å². The highest BCUT2D eigenvalue weighted by atomic mass is 16.5. The first-order valence-electron chi connectivity index (χ1n) is 9.07. The van der Waals surface area contributed by atoms with E-state index in [1.54, 1.807) is 0 Å². The van der Waals surface area contributed by atoms with Crippen LogP contribution >= 0.6 is 0 Å². The summed E-state index contributed by atoms with van der Waals surface area (Å²) in [6, 6.07) is 3.83. The lowest BCUT2D eigenvalue weighted by Crippen LogP contribution is -2.56. The molecule has 1 aliphatic rings. The number of nitrogens with one attached hydrogen (secondary N) is 1. The number of rotatable bonds is 6. The van der Waals surface area contributed by atoms with Crippen LogP contribution in [-0.4, -0.2) is 61.2 Å². The zero-order chi connectivity index (χ0) is 18.6. The zero-order valence-electron chi connectivity index (χ0n) is 16.3. The fourth-order valence-corrected chi connectivity index (χ4v) is 3.41. The Morgan fingerprint density at radius 1 is 1.32 bits per heavy atom. The number of anilines is 1. The van der Waals surface area contributed by atoms with Crippen LogP contribution in [0.15, 0.2) is 18.3 Å². The van der Waals surface area contributed by atoms with Gasteiger partial charge in [-0.25, -0.2) is 4.98 Å². The molecule has 0 unspecified atom stereocenters. The van der Waals surface area contributed by atoms with E-state index < -0.39 is 0 Å². The molecule has 1 N–H and O–H groups in total. The number of ether oxygens (including phenoxy) is 1. The average Bonchev–Trinajstić information content (AvgIpc) is 2.52. The molecule has 3 atom stereocenters. The fraction of sp³-hybridized carbons (Fsp3) is 0.684. The quantitative estimate of drug-likeness (QED) is 0.851. The van der Waals surface area contributed by atoms with Gasteiger partial charge in [0.2, 0.25) is 5.91 Å². The highest BCUT2D eigenvalue weighted by Crippen LogP contribution is 2.19. The number of pyridine rings is 1. The van der Waals surface area contributed by atoms with Crippen LogP contribution in [0.1, 0.15) is 33.3 Å². The summed E-state index contributed by atoms with van der Waals surface area (Å²) in [6.45, 7) is 10.4. The van der Waals surface area contributed by atoms with Gasteiger partial charge < -0.3 is 15.0 Å². The lowest BCUT2D eigenvalue weighted by Gasteiger charge is -2.41. The van der Waals surface area contributed by atoms with E-state index in [4.69, 9.17) is 4.74 Å². The maximum atomic E-state index is 12.8. The predicted octanol–water partition coefficient (Wildman–Crippen LogP) is 1.90. The summed E-state index contributed by atoms with van der Waals surface area (Å²) in [6.07, 6.45) is 2.12. The Morgan fingerprint density at radius 2 is 1.96 bits per heavy atom. The van der Waals surface area contributed by atoms with Gasteiger partial charge in [-0.3, -0.25) is 9.69 Å². The molecule has 1 aromatic rings. The van der Waals surface area contributed by atoms with E-state index in [1.807, 2.05) is 37.3 Å². The van der Waals surface area contributed by atoms with Gasteiger partial charge in [0.1, 0.15) is 5.82 Å². The van der Waals surface area contributed by atoms with Gasteiger partial charge in [0.05, 0.1) is 18.2 Å². The normalized spacial score (nSPS) is 22.7. The maximum Gasteiger partial charge on any atom is 0.237 e. The second-order valence-corrected chi connectivity index (χ2v) is 7.54. The third kappa shape index (κ3) is 5.41. The standard InChI is InChI=1S/C19H32N4O2/c1-13(2)18(23-11-14(3)25-15(4)12-23)19(24)21-10-16-7-8-17(20-9-16)22(5)6/h7-9,13-15,18H,10-12H2,1-6H3,(H,21,24)/t14-,15+,18-/m0/s1. The molecule has 2 rings (SSSR count). The van der Waals surface area contributed by atoms with E-state index in [0.717, 1.165) is 24.5 Å². The Kier molecular flexibility index (Phi) is 6.79. The van der Waals surface area contributed by atoms with Crippen LogP contribution < -0.4 is 10.2 Å². The van der Waals surface area contributed by atoms with Gasteiger partial charge in [-0.15, -0.1) is 0 Å². The van der Waals surface area contributed by atoms with Crippen LogP contribution in [0.3, 0.4) is 0 Å². The molecule has 1 saturated heterocycles. The molecule has 0 aromatic carbocycles. The van der Waals surface area contributed by atoms with Gasteiger partial charge in [0.15, 0.2) is 0 Å². The number of aromatic nitrogens is 1. The number of carbonyl (C=O) groups is 1. The Morgan fingerprint density at radius 3 is 2.44 bits per heavy atom. The first-order chi connectivity index (χ1) is 11.8. The summed E-state index contributed by atoms with van der Waals surface area (Å²) < 4.78 is 5.80. The maximum absolute atomic E-state index is 12.8. The highest BCUT2D eigenvalue weighted by molar-refractivity contribution is 5.82. The van der Waals surface area contributed by atoms with Gasteiger partial charge in [-0.05, 0) is 31.4 Å². The Balaban J connectivity index is 1.98. The van der Waals surface area contributed by atoms with E-state index in [0.29, 0.717) is 6.54 Å². The summed E-state index contributed by atoms with van der Waals surface area (Å²) in [4.78, 5) is 21.4. The smallest absolute Gasteiger partial charge is 0.237 e. The molecule has 1 amide bonds. The number of morpholine rings is 1. The molecule has 0 saturated carbocycles. The predicted molar refractivity (Wildman–Crippen MR) is 101 cm³/mol. The molecular weight excluding hydrogens is 316 g/mol. The Hall–Kier alpha value is -1.66. The van der Waals surface area contributed by atoms with Crippen LogP contribution in [0.5, 0.6) is 0 Å². The minimum atomic E-state index is -0.136. The summed E-state index contributed by atoms with van der Waals surface area (Å²) in [5.41, 5.74) is 1.00. The number of hydrogen-bond donors (Lipinski definition) is 1.